The average molecular weight is 574 g/mol. The van der Waals surface area contributed by atoms with Crippen molar-refractivity contribution >= 4 is 34.2 Å². The van der Waals surface area contributed by atoms with Gasteiger partial charge in [0, 0.05) is 11.8 Å². The molecule has 0 bridgehead atoms. The third-order valence-electron chi connectivity index (χ3n) is 6.14. The first kappa shape index (κ1) is 29.0. The van der Waals surface area contributed by atoms with Crippen LogP contribution in [0.15, 0.2) is 69.9 Å². The number of amides is 1. The van der Waals surface area contributed by atoms with Crippen LogP contribution in [-0.4, -0.2) is 12.5 Å². The molecule has 1 N–H and O–H groups in total. The van der Waals surface area contributed by atoms with Crippen molar-refractivity contribution in [2.45, 2.75) is 45.7 Å². The van der Waals surface area contributed by atoms with Gasteiger partial charge in [-0.25, -0.2) is 0 Å². The Bertz CT molecular complexity index is 1590. The largest absolute Gasteiger partial charge is 0.484 e. The molecule has 0 unspecified atom stereocenters. The SMILES string of the molecule is CC(C)c1cccc(C(C)C)c1NC(=O)COc1ccc2c(=O)c(Oc3ccccc3Cl)c(C(F)(F)F)oc2c1. The highest BCUT2D eigenvalue weighted by atomic mass is 35.5. The van der Waals surface area contributed by atoms with Crippen LogP contribution in [-0.2, 0) is 11.0 Å². The number of carbonyl (C=O) groups excluding carboxylic acids is 1. The summed E-state index contributed by atoms with van der Waals surface area (Å²) in [6.07, 6.45) is -5.04. The van der Waals surface area contributed by atoms with Crippen molar-refractivity contribution in [1.29, 1.82) is 0 Å². The van der Waals surface area contributed by atoms with E-state index < -0.39 is 35.6 Å². The van der Waals surface area contributed by atoms with Crippen LogP contribution in [0.25, 0.3) is 11.0 Å². The molecule has 210 valence electrons. The summed E-state index contributed by atoms with van der Waals surface area (Å²) in [6, 6.07) is 15.4. The number of rotatable bonds is 8. The van der Waals surface area contributed by atoms with Crippen molar-refractivity contribution in [3.8, 4) is 17.2 Å². The van der Waals surface area contributed by atoms with Crippen LogP contribution >= 0.6 is 11.6 Å². The summed E-state index contributed by atoms with van der Waals surface area (Å²) in [7, 11) is 0. The molecule has 0 aliphatic heterocycles. The van der Waals surface area contributed by atoms with Gasteiger partial charge in [0.15, 0.2) is 6.61 Å². The van der Waals surface area contributed by atoms with Gasteiger partial charge >= 0.3 is 6.18 Å². The first-order valence-corrected chi connectivity index (χ1v) is 12.9. The number of alkyl halides is 3. The molecule has 0 aliphatic carbocycles. The lowest BCUT2D eigenvalue weighted by Gasteiger charge is -2.20. The maximum Gasteiger partial charge on any atom is 0.453 e. The quantitative estimate of drug-likeness (QED) is 0.228. The van der Waals surface area contributed by atoms with Crippen LogP contribution in [0.2, 0.25) is 5.02 Å². The number of ether oxygens (including phenoxy) is 2. The zero-order valence-corrected chi connectivity index (χ0v) is 22.9. The maximum atomic E-state index is 13.9. The number of halogens is 4. The molecule has 1 heterocycles. The van der Waals surface area contributed by atoms with Crippen molar-refractivity contribution in [2.24, 2.45) is 0 Å². The van der Waals surface area contributed by atoms with E-state index in [1.54, 1.807) is 6.07 Å². The van der Waals surface area contributed by atoms with Crippen LogP contribution < -0.4 is 20.2 Å². The molecule has 0 fully saturated rings. The van der Waals surface area contributed by atoms with Crippen LogP contribution in [0, 0.1) is 0 Å². The standard InChI is InChI=1S/C30H27ClF3NO5/c1-16(2)19-8-7-9-20(17(3)4)26(19)35-25(36)15-38-18-12-13-21-24(14-18)40-29(30(32,33)34)28(27(21)37)39-23-11-6-5-10-22(23)31/h5-14,16-17H,15H2,1-4H3,(H,35,36). The minimum Gasteiger partial charge on any atom is -0.484 e. The van der Waals surface area contributed by atoms with E-state index >= 15 is 0 Å². The van der Waals surface area contributed by atoms with Gasteiger partial charge in [0.1, 0.15) is 17.1 Å². The number of carbonyl (C=O) groups is 1. The Morgan fingerprint density at radius 1 is 0.975 bits per heavy atom. The fourth-order valence-electron chi connectivity index (χ4n) is 4.18. The molecule has 0 aliphatic rings. The predicted molar refractivity (Wildman–Crippen MR) is 148 cm³/mol. The Hall–Kier alpha value is -3.98. The van der Waals surface area contributed by atoms with E-state index in [9.17, 15) is 22.8 Å². The van der Waals surface area contributed by atoms with E-state index in [0.29, 0.717) is 5.69 Å². The highest BCUT2D eigenvalue weighted by Crippen LogP contribution is 2.40. The van der Waals surface area contributed by atoms with Gasteiger partial charge in [-0.3, -0.25) is 9.59 Å². The lowest BCUT2D eigenvalue weighted by molar-refractivity contribution is -0.154. The van der Waals surface area contributed by atoms with Crippen LogP contribution in [0.4, 0.5) is 18.9 Å². The fraction of sp³-hybridized carbons (Fsp3) is 0.267. The predicted octanol–water partition coefficient (Wildman–Crippen LogP) is 8.52. The van der Waals surface area contributed by atoms with Gasteiger partial charge in [-0.1, -0.05) is 69.6 Å². The number of anilines is 1. The molecule has 1 amide bonds. The first-order valence-electron chi connectivity index (χ1n) is 12.5. The highest BCUT2D eigenvalue weighted by Gasteiger charge is 2.40. The first-order chi connectivity index (χ1) is 18.9. The van der Waals surface area contributed by atoms with E-state index in [2.05, 4.69) is 5.32 Å². The number of fused-ring (bicyclic) bond motifs is 1. The molecule has 6 nitrogen and oxygen atoms in total. The molecule has 10 heteroatoms. The number of nitrogens with one attached hydrogen (secondary N) is 1. The maximum absolute atomic E-state index is 13.9. The van der Waals surface area contributed by atoms with Gasteiger partial charge in [-0.2, -0.15) is 13.2 Å². The second-order valence-electron chi connectivity index (χ2n) is 9.74. The molecule has 1 aromatic heterocycles. The highest BCUT2D eigenvalue weighted by molar-refractivity contribution is 6.32. The second kappa shape index (κ2) is 11.6. The molecule has 0 saturated heterocycles. The summed E-state index contributed by atoms with van der Waals surface area (Å²) in [5.74, 6) is -2.87. The summed E-state index contributed by atoms with van der Waals surface area (Å²) in [6.45, 7) is 7.67. The molecule has 3 aromatic carbocycles. The molecule has 4 aromatic rings. The van der Waals surface area contributed by atoms with E-state index in [1.165, 1.54) is 30.3 Å². The summed E-state index contributed by atoms with van der Waals surface area (Å²) in [5.41, 5.74) is 1.24. The second-order valence-corrected chi connectivity index (χ2v) is 10.1. The zero-order chi connectivity index (χ0) is 29.2. The monoisotopic (exact) mass is 573 g/mol. The van der Waals surface area contributed by atoms with Gasteiger partial charge in [-0.15, -0.1) is 0 Å². The summed E-state index contributed by atoms with van der Waals surface area (Å²) in [4.78, 5) is 25.8. The van der Waals surface area contributed by atoms with Crippen LogP contribution in [0.1, 0.15) is 56.4 Å². The lowest BCUT2D eigenvalue weighted by Crippen LogP contribution is -2.22. The van der Waals surface area contributed by atoms with Gasteiger partial charge in [0.2, 0.25) is 11.2 Å². The number of benzene rings is 3. The van der Waals surface area contributed by atoms with Crippen molar-refractivity contribution in [2.75, 3.05) is 11.9 Å². The molecule has 4 rings (SSSR count). The minimum atomic E-state index is -5.04. The topological polar surface area (TPSA) is 77.8 Å². The third-order valence-corrected chi connectivity index (χ3v) is 6.45. The number of hydrogen-bond donors (Lipinski definition) is 1. The Morgan fingerprint density at radius 3 is 2.23 bits per heavy atom. The Labute approximate surface area is 233 Å². The van der Waals surface area contributed by atoms with Crippen molar-refractivity contribution < 1.29 is 31.9 Å². The molecule has 0 spiro atoms. The normalized spacial score (nSPS) is 11.8. The summed E-state index contributed by atoms with van der Waals surface area (Å²) in [5, 5.41) is 2.76. The van der Waals surface area contributed by atoms with E-state index in [-0.39, 0.29) is 39.3 Å². The van der Waals surface area contributed by atoms with Gasteiger partial charge in [-0.05, 0) is 47.2 Å². The molecule has 0 saturated carbocycles. The molecule has 40 heavy (non-hydrogen) atoms. The van der Waals surface area contributed by atoms with Crippen molar-refractivity contribution in [1.82, 2.24) is 0 Å². The fourth-order valence-corrected chi connectivity index (χ4v) is 4.36. The van der Waals surface area contributed by atoms with E-state index in [4.69, 9.17) is 25.5 Å². The Kier molecular flexibility index (Phi) is 8.44. The molecule has 0 atom stereocenters. The number of hydrogen-bond acceptors (Lipinski definition) is 5. The van der Waals surface area contributed by atoms with Gasteiger partial charge in [0.05, 0.1) is 10.4 Å². The van der Waals surface area contributed by atoms with E-state index in [1.807, 2.05) is 45.9 Å². The Balaban J connectivity index is 1.61. The Morgan fingerprint density at radius 2 is 1.62 bits per heavy atom. The molecule has 0 radical (unpaired) electrons. The van der Waals surface area contributed by atoms with Gasteiger partial charge < -0.3 is 19.2 Å². The summed E-state index contributed by atoms with van der Waals surface area (Å²) < 4.78 is 57.5. The van der Waals surface area contributed by atoms with Crippen LogP contribution in [0.5, 0.6) is 17.2 Å². The third kappa shape index (κ3) is 6.25. The van der Waals surface area contributed by atoms with E-state index in [0.717, 1.165) is 17.2 Å². The van der Waals surface area contributed by atoms with Gasteiger partial charge in [0.25, 0.3) is 11.7 Å². The van der Waals surface area contributed by atoms with Crippen molar-refractivity contribution in [3.05, 3.63) is 92.8 Å². The number of para-hydroxylation sites is 2. The van der Waals surface area contributed by atoms with Crippen molar-refractivity contribution in [3.63, 3.8) is 0 Å². The van der Waals surface area contributed by atoms with Crippen LogP contribution in [0.3, 0.4) is 0 Å². The lowest BCUT2D eigenvalue weighted by atomic mass is 9.92. The zero-order valence-electron chi connectivity index (χ0n) is 22.2. The molecular weight excluding hydrogens is 547 g/mol. The minimum absolute atomic E-state index is 0.0219. The summed E-state index contributed by atoms with van der Waals surface area (Å²) >= 11 is 6.00. The average Bonchev–Trinajstić information content (AvgIpc) is 2.89. The smallest absolute Gasteiger partial charge is 0.453 e. The molecular formula is C30H27ClF3NO5.